The molecular weight excluding hydrogens is 316 g/mol. The molecule has 1 rings (SSSR count). The third-order valence-corrected chi connectivity index (χ3v) is 4.94. The predicted octanol–water partition coefficient (Wildman–Crippen LogP) is 2.42. The lowest BCUT2D eigenvalue weighted by Gasteiger charge is -2.17. The second kappa shape index (κ2) is 6.04. The highest BCUT2D eigenvalue weighted by Crippen LogP contribution is 2.26. The van der Waals surface area contributed by atoms with E-state index >= 15 is 0 Å². The molecule has 0 saturated carbocycles. The third-order valence-electron chi connectivity index (χ3n) is 2.76. The van der Waals surface area contributed by atoms with Gasteiger partial charge in [-0.2, -0.15) is 0 Å². The molecule has 0 spiro atoms. The molecule has 6 heteroatoms. The zero-order valence-corrected chi connectivity index (χ0v) is 13.4. The summed E-state index contributed by atoms with van der Waals surface area (Å²) in [6.45, 7) is 5.88. The number of sulfonamides is 1. The van der Waals surface area contributed by atoms with Gasteiger partial charge in [-0.1, -0.05) is 15.9 Å². The Balaban J connectivity index is 3.05. The van der Waals surface area contributed by atoms with Crippen molar-refractivity contribution in [2.45, 2.75) is 26.0 Å². The van der Waals surface area contributed by atoms with E-state index in [9.17, 15) is 8.42 Å². The highest BCUT2D eigenvalue weighted by atomic mass is 79.9. The lowest BCUT2D eigenvalue weighted by Crippen LogP contribution is -2.33. The van der Waals surface area contributed by atoms with Crippen molar-refractivity contribution in [2.75, 3.05) is 18.3 Å². The van der Waals surface area contributed by atoms with E-state index in [4.69, 9.17) is 0 Å². The molecule has 0 aliphatic carbocycles. The summed E-state index contributed by atoms with van der Waals surface area (Å²) in [6, 6.07) is 3.79. The molecule has 102 valence electrons. The van der Waals surface area contributed by atoms with Crippen molar-refractivity contribution in [3.05, 3.63) is 27.7 Å². The molecule has 4 nitrogen and oxygen atoms in total. The molecule has 1 aromatic carbocycles. The van der Waals surface area contributed by atoms with E-state index in [2.05, 4.69) is 26.0 Å². The van der Waals surface area contributed by atoms with Crippen LogP contribution in [0.15, 0.2) is 16.6 Å². The Morgan fingerprint density at radius 3 is 2.22 bits per heavy atom. The Morgan fingerprint density at radius 1 is 1.28 bits per heavy atom. The molecule has 2 N–H and O–H groups in total. The molecule has 0 aliphatic heterocycles. The van der Waals surface area contributed by atoms with Crippen molar-refractivity contribution in [1.29, 1.82) is 0 Å². The molecular formula is C12H19BrN2O2S. The van der Waals surface area contributed by atoms with Crippen LogP contribution < -0.4 is 10.0 Å². The predicted molar refractivity (Wildman–Crippen MR) is 79.5 cm³/mol. The number of hydrogen-bond donors (Lipinski definition) is 2. The molecule has 0 aromatic heterocycles. The van der Waals surface area contributed by atoms with Crippen LogP contribution in [0.5, 0.6) is 0 Å². The molecule has 0 radical (unpaired) electrons. The number of aryl methyl sites for hydroxylation is 2. The average molecular weight is 335 g/mol. The summed E-state index contributed by atoms with van der Waals surface area (Å²) >= 11 is 3.39. The summed E-state index contributed by atoms with van der Waals surface area (Å²) in [5, 5.41) is 2.39. The lowest BCUT2D eigenvalue weighted by molar-refractivity contribution is 0.583. The van der Waals surface area contributed by atoms with Gasteiger partial charge in [0.1, 0.15) is 0 Å². The van der Waals surface area contributed by atoms with E-state index in [1.54, 1.807) is 14.0 Å². The number of halogens is 1. The number of rotatable bonds is 5. The monoisotopic (exact) mass is 334 g/mol. The third kappa shape index (κ3) is 3.70. The number of benzene rings is 1. The molecule has 0 heterocycles. The topological polar surface area (TPSA) is 58.2 Å². The first-order valence-electron chi connectivity index (χ1n) is 5.71. The van der Waals surface area contributed by atoms with Crippen LogP contribution in [0.25, 0.3) is 0 Å². The number of nitrogens with one attached hydrogen (secondary N) is 2. The van der Waals surface area contributed by atoms with Gasteiger partial charge in [0.25, 0.3) is 0 Å². The van der Waals surface area contributed by atoms with E-state index in [1.165, 1.54) is 0 Å². The molecule has 0 fully saturated rings. The minimum Gasteiger partial charge on any atom is -0.318 e. The van der Waals surface area contributed by atoms with Crippen LogP contribution in [0, 0.1) is 13.8 Å². The van der Waals surface area contributed by atoms with E-state index in [0.717, 1.165) is 15.6 Å². The Morgan fingerprint density at radius 2 is 1.78 bits per heavy atom. The van der Waals surface area contributed by atoms with Gasteiger partial charge in [-0.05, 0) is 51.1 Å². The molecule has 0 bridgehead atoms. The van der Waals surface area contributed by atoms with Crippen LogP contribution in [0.4, 0.5) is 5.69 Å². The average Bonchev–Trinajstić information content (AvgIpc) is 2.23. The van der Waals surface area contributed by atoms with Gasteiger partial charge in [0.05, 0.1) is 10.9 Å². The van der Waals surface area contributed by atoms with Crippen molar-refractivity contribution in [3.8, 4) is 0 Å². The zero-order chi connectivity index (χ0) is 13.9. The Labute approximate surface area is 117 Å². The summed E-state index contributed by atoms with van der Waals surface area (Å²) < 4.78 is 27.9. The van der Waals surface area contributed by atoms with Crippen molar-refractivity contribution >= 4 is 31.6 Å². The molecule has 1 atom stereocenters. The molecule has 18 heavy (non-hydrogen) atoms. The Hall–Kier alpha value is -0.590. The fraction of sp³-hybridized carbons (Fsp3) is 0.500. The van der Waals surface area contributed by atoms with E-state index in [0.29, 0.717) is 12.2 Å². The van der Waals surface area contributed by atoms with Crippen LogP contribution in [0.1, 0.15) is 18.1 Å². The zero-order valence-electron chi connectivity index (χ0n) is 11.0. The van der Waals surface area contributed by atoms with Crippen molar-refractivity contribution in [1.82, 2.24) is 5.32 Å². The second-order valence-electron chi connectivity index (χ2n) is 4.43. The van der Waals surface area contributed by atoms with Crippen LogP contribution in [-0.2, 0) is 10.0 Å². The lowest BCUT2D eigenvalue weighted by atomic mass is 10.1. The maximum Gasteiger partial charge on any atom is 0.236 e. The van der Waals surface area contributed by atoms with Crippen molar-refractivity contribution in [2.24, 2.45) is 0 Å². The van der Waals surface area contributed by atoms with Gasteiger partial charge in [0.15, 0.2) is 0 Å². The first kappa shape index (κ1) is 15.5. The second-order valence-corrected chi connectivity index (χ2v) is 7.44. The van der Waals surface area contributed by atoms with Gasteiger partial charge in [-0.25, -0.2) is 8.42 Å². The van der Waals surface area contributed by atoms with Gasteiger partial charge in [-0.3, -0.25) is 4.72 Å². The van der Waals surface area contributed by atoms with Crippen LogP contribution in [0.2, 0.25) is 0 Å². The largest absolute Gasteiger partial charge is 0.318 e. The van der Waals surface area contributed by atoms with Crippen LogP contribution in [-0.4, -0.2) is 27.3 Å². The standard InChI is InChI=1S/C12H19BrN2O2S/c1-8-5-11(13)6-9(2)12(8)15-18(16,17)10(3)7-14-4/h5-6,10,14-15H,7H2,1-4H3. The first-order valence-corrected chi connectivity index (χ1v) is 8.05. The summed E-state index contributed by atoms with van der Waals surface area (Å²) in [5.74, 6) is 0. The van der Waals surface area contributed by atoms with E-state index in [-0.39, 0.29) is 0 Å². The highest BCUT2D eigenvalue weighted by molar-refractivity contribution is 9.10. The molecule has 0 saturated heterocycles. The smallest absolute Gasteiger partial charge is 0.236 e. The fourth-order valence-electron chi connectivity index (χ4n) is 1.71. The number of anilines is 1. The highest BCUT2D eigenvalue weighted by Gasteiger charge is 2.21. The molecule has 0 amide bonds. The van der Waals surface area contributed by atoms with Gasteiger partial charge in [0, 0.05) is 11.0 Å². The van der Waals surface area contributed by atoms with Gasteiger partial charge in [-0.15, -0.1) is 0 Å². The Bertz CT molecular complexity index is 506. The van der Waals surface area contributed by atoms with Crippen molar-refractivity contribution in [3.63, 3.8) is 0 Å². The minimum atomic E-state index is -3.36. The fourth-order valence-corrected chi connectivity index (χ4v) is 3.59. The van der Waals surface area contributed by atoms with E-state index < -0.39 is 15.3 Å². The van der Waals surface area contributed by atoms with Gasteiger partial charge < -0.3 is 5.32 Å². The summed E-state index contributed by atoms with van der Waals surface area (Å²) in [4.78, 5) is 0. The quantitative estimate of drug-likeness (QED) is 0.869. The molecule has 0 aliphatic rings. The van der Waals surface area contributed by atoms with Gasteiger partial charge >= 0.3 is 0 Å². The van der Waals surface area contributed by atoms with Crippen molar-refractivity contribution < 1.29 is 8.42 Å². The van der Waals surface area contributed by atoms with Gasteiger partial charge in [0.2, 0.25) is 10.0 Å². The minimum absolute atomic E-state index is 0.421. The maximum atomic E-state index is 12.1. The van der Waals surface area contributed by atoms with E-state index in [1.807, 2.05) is 26.0 Å². The molecule has 1 aromatic rings. The summed E-state index contributed by atoms with van der Waals surface area (Å²) in [7, 11) is -1.62. The maximum absolute atomic E-state index is 12.1. The normalized spacial score (nSPS) is 13.4. The summed E-state index contributed by atoms with van der Waals surface area (Å²) in [5.41, 5.74) is 2.48. The number of hydrogen-bond acceptors (Lipinski definition) is 3. The molecule has 1 unspecified atom stereocenters. The first-order chi connectivity index (χ1) is 8.27. The van der Waals surface area contributed by atoms with Crippen LogP contribution in [0.3, 0.4) is 0 Å². The Kier molecular flexibility index (Phi) is 5.19. The van der Waals surface area contributed by atoms with Crippen LogP contribution >= 0.6 is 15.9 Å². The SMILES string of the molecule is CNCC(C)S(=O)(=O)Nc1c(C)cc(Br)cc1C. The summed E-state index contributed by atoms with van der Waals surface area (Å²) in [6.07, 6.45) is 0.